The average molecular weight is 396 g/mol. The molecule has 0 aliphatic heterocycles. The van der Waals surface area contributed by atoms with Gasteiger partial charge in [0.05, 0.1) is 4.90 Å². The molecule has 1 fully saturated rings. The van der Waals surface area contributed by atoms with Gasteiger partial charge in [0, 0.05) is 6.04 Å². The minimum atomic E-state index is -4.06. The normalized spacial score (nSPS) is 15.0. The van der Waals surface area contributed by atoms with E-state index in [1.54, 1.807) is 13.8 Å². The van der Waals surface area contributed by atoms with E-state index in [-0.39, 0.29) is 15.8 Å². The third-order valence-electron chi connectivity index (χ3n) is 4.12. The number of rotatable bonds is 6. The van der Waals surface area contributed by atoms with E-state index in [1.165, 1.54) is 24.3 Å². The van der Waals surface area contributed by atoms with E-state index in [1.807, 2.05) is 19.1 Å². The van der Waals surface area contributed by atoms with Crippen LogP contribution in [0, 0.1) is 20.8 Å². The third kappa shape index (κ3) is 4.08. The molecular weight excluding hydrogens is 374 g/mol. The maximum atomic E-state index is 12.6. The lowest BCUT2D eigenvalue weighted by Gasteiger charge is -2.13. The monoisotopic (exact) mass is 395 g/mol. The van der Waals surface area contributed by atoms with Crippen LogP contribution in [0.3, 0.4) is 0 Å². The largest absolute Gasteiger partial charge is 0.378 e. The van der Waals surface area contributed by atoms with Crippen molar-refractivity contribution in [3.63, 3.8) is 0 Å². The molecule has 2 aromatic carbocycles. The first kappa shape index (κ1) is 18.9. The van der Waals surface area contributed by atoms with Crippen molar-refractivity contribution in [1.82, 2.24) is 4.72 Å². The van der Waals surface area contributed by atoms with Crippen LogP contribution in [-0.2, 0) is 20.1 Å². The number of hydrogen-bond acceptors (Lipinski definition) is 5. The smallest absolute Gasteiger partial charge is 0.339 e. The minimum Gasteiger partial charge on any atom is -0.378 e. The molecule has 1 aliphatic rings. The van der Waals surface area contributed by atoms with Gasteiger partial charge in [0.1, 0.15) is 10.6 Å². The minimum absolute atomic E-state index is 0.0146. The molecule has 2 aromatic rings. The Morgan fingerprint density at radius 2 is 1.38 bits per heavy atom. The predicted molar refractivity (Wildman–Crippen MR) is 98.3 cm³/mol. The highest BCUT2D eigenvalue weighted by Gasteiger charge is 2.28. The first-order chi connectivity index (χ1) is 12.1. The first-order valence-electron chi connectivity index (χ1n) is 8.23. The number of hydrogen-bond donors (Lipinski definition) is 1. The summed E-state index contributed by atoms with van der Waals surface area (Å²) in [6, 6.07) is 8.71. The summed E-state index contributed by atoms with van der Waals surface area (Å²) in [7, 11) is -7.68. The third-order valence-corrected chi connectivity index (χ3v) is 6.89. The van der Waals surface area contributed by atoms with Gasteiger partial charge in [0.15, 0.2) is 0 Å². The lowest BCUT2D eigenvalue weighted by atomic mass is 10.1. The summed E-state index contributed by atoms with van der Waals surface area (Å²) in [5.41, 5.74) is 2.46. The van der Waals surface area contributed by atoms with Crippen molar-refractivity contribution < 1.29 is 21.0 Å². The fourth-order valence-electron chi connectivity index (χ4n) is 2.73. The maximum absolute atomic E-state index is 12.6. The van der Waals surface area contributed by atoms with E-state index >= 15 is 0 Å². The van der Waals surface area contributed by atoms with Crippen LogP contribution in [0.1, 0.15) is 29.5 Å². The number of sulfonamides is 1. The summed E-state index contributed by atoms with van der Waals surface area (Å²) in [5, 5.41) is 0. The van der Waals surface area contributed by atoms with E-state index in [2.05, 4.69) is 4.72 Å². The highest BCUT2D eigenvalue weighted by atomic mass is 32.2. The Kier molecular flexibility index (Phi) is 4.85. The molecule has 8 heteroatoms. The van der Waals surface area contributed by atoms with Crippen LogP contribution in [0.15, 0.2) is 46.2 Å². The summed E-state index contributed by atoms with van der Waals surface area (Å²) in [6.45, 7) is 5.49. The average Bonchev–Trinajstić information content (AvgIpc) is 3.34. The van der Waals surface area contributed by atoms with Gasteiger partial charge in [-0.15, -0.1) is 0 Å². The molecule has 0 aromatic heterocycles. The van der Waals surface area contributed by atoms with Crippen LogP contribution in [0.2, 0.25) is 0 Å². The van der Waals surface area contributed by atoms with Crippen molar-refractivity contribution in [3.05, 3.63) is 53.1 Å². The predicted octanol–water partition coefficient (Wildman–Crippen LogP) is 2.82. The zero-order valence-corrected chi connectivity index (χ0v) is 16.4. The lowest BCUT2D eigenvalue weighted by Crippen LogP contribution is -2.25. The second-order valence-electron chi connectivity index (χ2n) is 6.63. The molecule has 140 valence electrons. The zero-order chi connectivity index (χ0) is 19.1. The van der Waals surface area contributed by atoms with Gasteiger partial charge < -0.3 is 4.18 Å². The first-order valence-corrected chi connectivity index (χ1v) is 11.1. The van der Waals surface area contributed by atoms with Crippen molar-refractivity contribution in [2.75, 3.05) is 0 Å². The van der Waals surface area contributed by atoms with E-state index in [4.69, 9.17) is 4.18 Å². The van der Waals surface area contributed by atoms with Crippen LogP contribution >= 0.6 is 0 Å². The van der Waals surface area contributed by atoms with Crippen LogP contribution in [0.25, 0.3) is 0 Å². The molecule has 0 atom stereocenters. The fraction of sp³-hybridized carbons (Fsp3) is 0.333. The quantitative estimate of drug-likeness (QED) is 0.760. The zero-order valence-electron chi connectivity index (χ0n) is 14.8. The standard InChI is InChI=1S/C18H21NO5S2/c1-12-10-13(2)18(14(3)11-12)24-26(22,23)17-8-6-16(7-9-17)25(20,21)19-15-4-5-15/h6-11,15,19H,4-5H2,1-3H3. The van der Waals surface area contributed by atoms with Crippen LogP contribution in [-0.4, -0.2) is 22.9 Å². The van der Waals surface area contributed by atoms with Crippen LogP contribution < -0.4 is 8.91 Å². The molecule has 1 N–H and O–H groups in total. The molecule has 0 saturated heterocycles. The lowest BCUT2D eigenvalue weighted by molar-refractivity contribution is 0.482. The van der Waals surface area contributed by atoms with Gasteiger partial charge in [-0.1, -0.05) is 17.7 Å². The summed E-state index contributed by atoms with van der Waals surface area (Å²) >= 11 is 0. The fourth-order valence-corrected chi connectivity index (χ4v) is 5.08. The van der Waals surface area contributed by atoms with Gasteiger partial charge in [-0.3, -0.25) is 0 Å². The Labute approximate surface area is 154 Å². The molecule has 0 spiro atoms. The van der Waals surface area contributed by atoms with Gasteiger partial charge in [-0.25, -0.2) is 13.1 Å². The van der Waals surface area contributed by atoms with Gasteiger partial charge in [-0.2, -0.15) is 8.42 Å². The Balaban J connectivity index is 1.86. The van der Waals surface area contributed by atoms with Gasteiger partial charge in [-0.05, 0) is 69.0 Å². The molecule has 1 aliphatic carbocycles. The molecule has 0 unspecified atom stereocenters. The summed E-state index contributed by atoms with van der Waals surface area (Å²) in [4.78, 5) is -0.0618. The highest BCUT2D eigenvalue weighted by molar-refractivity contribution is 7.89. The van der Waals surface area contributed by atoms with E-state index in [0.717, 1.165) is 29.5 Å². The second-order valence-corrected chi connectivity index (χ2v) is 9.89. The SMILES string of the molecule is Cc1cc(C)c(OS(=O)(=O)c2ccc(S(=O)(=O)NC3CC3)cc2)c(C)c1. The molecule has 26 heavy (non-hydrogen) atoms. The maximum Gasteiger partial charge on any atom is 0.339 e. The van der Waals surface area contributed by atoms with Crippen molar-refractivity contribution in [2.45, 2.75) is 49.4 Å². The van der Waals surface area contributed by atoms with E-state index < -0.39 is 20.1 Å². The Bertz CT molecular complexity index is 1010. The van der Waals surface area contributed by atoms with Crippen molar-refractivity contribution in [3.8, 4) is 5.75 Å². The van der Waals surface area contributed by atoms with Gasteiger partial charge in [0.25, 0.3) is 0 Å². The summed E-state index contributed by atoms with van der Waals surface area (Å²) < 4.78 is 57.3. The molecule has 6 nitrogen and oxygen atoms in total. The number of aryl methyl sites for hydroxylation is 3. The molecule has 0 heterocycles. The Morgan fingerprint density at radius 1 is 0.885 bits per heavy atom. The summed E-state index contributed by atoms with van der Waals surface area (Å²) in [5.74, 6) is 0.294. The van der Waals surface area contributed by atoms with Gasteiger partial charge in [0.2, 0.25) is 10.0 Å². The Morgan fingerprint density at radius 3 is 1.88 bits per heavy atom. The number of benzene rings is 2. The second kappa shape index (κ2) is 6.68. The van der Waals surface area contributed by atoms with E-state index in [0.29, 0.717) is 5.75 Å². The van der Waals surface area contributed by atoms with E-state index in [9.17, 15) is 16.8 Å². The van der Waals surface area contributed by atoms with Crippen molar-refractivity contribution >= 4 is 20.1 Å². The highest BCUT2D eigenvalue weighted by Crippen LogP contribution is 2.28. The molecule has 0 radical (unpaired) electrons. The summed E-state index contributed by atoms with van der Waals surface area (Å²) in [6.07, 6.45) is 1.66. The topological polar surface area (TPSA) is 89.5 Å². The van der Waals surface area contributed by atoms with Crippen molar-refractivity contribution in [2.24, 2.45) is 0 Å². The van der Waals surface area contributed by atoms with Crippen LogP contribution in [0.5, 0.6) is 5.75 Å². The molecule has 0 amide bonds. The van der Waals surface area contributed by atoms with Gasteiger partial charge >= 0.3 is 10.1 Å². The molecular formula is C18H21NO5S2. The van der Waals surface area contributed by atoms with Crippen LogP contribution in [0.4, 0.5) is 0 Å². The molecule has 3 rings (SSSR count). The molecule has 1 saturated carbocycles. The Hall–Kier alpha value is -1.90. The molecule has 0 bridgehead atoms. The number of nitrogens with one attached hydrogen (secondary N) is 1. The van der Waals surface area contributed by atoms with Crippen molar-refractivity contribution in [1.29, 1.82) is 0 Å².